The molecule has 1 aliphatic heterocycles. The van der Waals surface area contributed by atoms with Crippen molar-refractivity contribution in [1.29, 1.82) is 0 Å². The number of rotatable bonds is 4. The average Bonchev–Trinajstić information content (AvgIpc) is 2.89. The number of hydrogen-bond donors (Lipinski definition) is 0. The Labute approximate surface area is 132 Å². The van der Waals surface area contributed by atoms with Crippen LogP contribution in [0.3, 0.4) is 0 Å². The molecule has 0 aromatic heterocycles. The molecule has 0 bridgehead atoms. The minimum Gasteiger partial charge on any atom is -0.493 e. The normalized spacial score (nSPS) is 15.5. The molecule has 3 rings (SSSR count). The molecule has 0 amide bonds. The van der Waals surface area contributed by atoms with Gasteiger partial charge in [0.25, 0.3) is 0 Å². The van der Waals surface area contributed by atoms with Crippen LogP contribution in [-0.2, 0) is 9.53 Å². The molecule has 0 unspecified atom stereocenters. The topological polar surface area (TPSA) is 47.9 Å². The van der Waals surface area contributed by atoms with Gasteiger partial charge in [-0.25, -0.2) is 14.2 Å². The molecule has 23 heavy (non-hydrogen) atoms. The number of halogens is 1. The third-order valence-electron chi connectivity index (χ3n) is 3.19. The second kappa shape index (κ2) is 6.44. The third-order valence-corrected chi connectivity index (χ3v) is 3.19. The molecule has 116 valence electrons. The van der Waals surface area contributed by atoms with Crippen molar-refractivity contribution in [3.8, 4) is 5.75 Å². The molecule has 0 atom stereocenters. The van der Waals surface area contributed by atoms with E-state index in [0.29, 0.717) is 23.5 Å². The zero-order chi connectivity index (χ0) is 16.2. The number of nitrogens with zero attached hydrogens (tertiary/aromatic N) is 1. The molecule has 1 heterocycles. The zero-order valence-corrected chi connectivity index (χ0v) is 12.5. The maximum atomic E-state index is 13.2. The van der Waals surface area contributed by atoms with Crippen LogP contribution in [0.15, 0.2) is 59.2 Å². The van der Waals surface area contributed by atoms with Crippen molar-refractivity contribution in [2.24, 2.45) is 4.99 Å². The highest BCUT2D eigenvalue weighted by molar-refractivity contribution is 6.13. The Morgan fingerprint density at radius 2 is 2.04 bits per heavy atom. The highest BCUT2D eigenvalue weighted by Gasteiger charge is 2.26. The Morgan fingerprint density at radius 1 is 1.22 bits per heavy atom. The first-order chi connectivity index (χ1) is 11.2. The summed E-state index contributed by atoms with van der Waals surface area (Å²) in [5, 5.41) is 0. The lowest BCUT2D eigenvalue weighted by molar-refractivity contribution is -0.129. The fourth-order valence-electron chi connectivity index (χ4n) is 2.20. The quantitative estimate of drug-likeness (QED) is 0.640. The molecule has 0 spiro atoms. The molecular formula is C18H14FNO3. The average molecular weight is 311 g/mol. The number of para-hydroxylation sites is 1. The molecule has 2 aromatic carbocycles. The van der Waals surface area contributed by atoms with Crippen molar-refractivity contribution in [3.63, 3.8) is 0 Å². The predicted molar refractivity (Wildman–Crippen MR) is 84.6 cm³/mol. The summed E-state index contributed by atoms with van der Waals surface area (Å²) in [6, 6.07) is 13.1. The van der Waals surface area contributed by atoms with Gasteiger partial charge in [0.2, 0.25) is 5.90 Å². The van der Waals surface area contributed by atoms with Gasteiger partial charge >= 0.3 is 5.97 Å². The first kappa shape index (κ1) is 15.0. The van der Waals surface area contributed by atoms with E-state index in [4.69, 9.17) is 9.47 Å². The smallest absolute Gasteiger partial charge is 0.363 e. The van der Waals surface area contributed by atoms with E-state index in [1.807, 2.05) is 19.1 Å². The van der Waals surface area contributed by atoms with Crippen LogP contribution in [0.5, 0.6) is 5.75 Å². The third kappa shape index (κ3) is 3.29. The van der Waals surface area contributed by atoms with Gasteiger partial charge < -0.3 is 9.47 Å². The molecule has 4 nitrogen and oxygen atoms in total. The molecule has 0 saturated carbocycles. The molecule has 5 heteroatoms. The molecule has 0 radical (unpaired) electrons. The van der Waals surface area contributed by atoms with Crippen molar-refractivity contribution >= 4 is 17.9 Å². The zero-order valence-electron chi connectivity index (χ0n) is 12.5. The number of ether oxygens (including phenoxy) is 2. The standard InChI is InChI=1S/C18H14FNO3/c1-2-22-16-9-4-3-8-14(16)17-20-15(18(21)23-17)11-12-6-5-7-13(19)10-12/h3-11H,2H2,1H3. The molecule has 2 aromatic rings. The number of benzene rings is 2. The fourth-order valence-corrected chi connectivity index (χ4v) is 2.20. The second-order valence-electron chi connectivity index (χ2n) is 4.82. The van der Waals surface area contributed by atoms with Gasteiger partial charge in [0.1, 0.15) is 11.6 Å². The molecule has 0 aliphatic carbocycles. The number of aliphatic imine (C=N–C) groups is 1. The Bertz CT molecular complexity index is 811. The van der Waals surface area contributed by atoms with E-state index in [9.17, 15) is 9.18 Å². The van der Waals surface area contributed by atoms with Crippen LogP contribution in [0.4, 0.5) is 4.39 Å². The maximum absolute atomic E-state index is 13.2. The van der Waals surface area contributed by atoms with Gasteiger partial charge in [-0.15, -0.1) is 0 Å². The van der Waals surface area contributed by atoms with Crippen molar-refractivity contribution in [3.05, 3.63) is 71.2 Å². The second-order valence-corrected chi connectivity index (χ2v) is 4.82. The number of carbonyl (C=O) groups excluding carboxylic acids is 1. The van der Waals surface area contributed by atoms with E-state index in [2.05, 4.69) is 4.99 Å². The lowest BCUT2D eigenvalue weighted by atomic mass is 10.2. The monoisotopic (exact) mass is 311 g/mol. The minimum absolute atomic E-state index is 0.122. The first-order valence-electron chi connectivity index (χ1n) is 7.17. The van der Waals surface area contributed by atoms with E-state index < -0.39 is 5.97 Å². The van der Waals surface area contributed by atoms with Crippen LogP contribution in [0, 0.1) is 5.82 Å². The molecule has 1 aliphatic rings. The van der Waals surface area contributed by atoms with E-state index in [0.717, 1.165) is 0 Å². The van der Waals surface area contributed by atoms with Crippen LogP contribution < -0.4 is 4.74 Å². The highest BCUT2D eigenvalue weighted by atomic mass is 19.1. The van der Waals surface area contributed by atoms with Crippen LogP contribution in [0.1, 0.15) is 18.1 Å². The molecule has 0 fully saturated rings. The number of carbonyl (C=O) groups is 1. The Hall–Kier alpha value is -2.95. The fraction of sp³-hybridized carbons (Fsp3) is 0.111. The minimum atomic E-state index is -0.574. The Balaban J connectivity index is 1.96. The lowest BCUT2D eigenvalue weighted by Gasteiger charge is -2.08. The summed E-state index contributed by atoms with van der Waals surface area (Å²) >= 11 is 0. The highest BCUT2D eigenvalue weighted by Crippen LogP contribution is 2.25. The Morgan fingerprint density at radius 3 is 2.83 bits per heavy atom. The van der Waals surface area contributed by atoms with Gasteiger partial charge in [0, 0.05) is 0 Å². The summed E-state index contributed by atoms with van der Waals surface area (Å²) in [6.07, 6.45) is 1.49. The van der Waals surface area contributed by atoms with Crippen molar-refractivity contribution in [1.82, 2.24) is 0 Å². The van der Waals surface area contributed by atoms with Crippen molar-refractivity contribution in [2.75, 3.05) is 6.61 Å². The van der Waals surface area contributed by atoms with Crippen LogP contribution in [0.25, 0.3) is 6.08 Å². The largest absolute Gasteiger partial charge is 0.493 e. The summed E-state index contributed by atoms with van der Waals surface area (Å²) in [5.41, 5.74) is 1.27. The molecular weight excluding hydrogens is 297 g/mol. The summed E-state index contributed by atoms with van der Waals surface area (Å²) in [6.45, 7) is 2.36. The van der Waals surface area contributed by atoms with Gasteiger partial charge in [0.15, 0.2) is 5.70 Å². The first-order valence-corrected chi connectivity index (χ1v) is 7.17. The lowest BCUT2D eigenvalue weighted by Crippen LogP contribution is -2.07. The van der Waals surface area contributed by atoms with Crippen LogP contribution >= 0.6 is 0 Å². The van der Waals surface area contributed by atoms with Gasteiger partial charge in [-0.1, -0.05) is 24.3 Å². The molecule has 0 saturated heterocycles. The van der Waals surface area contributed by atoms with Crippen molar-refractivity contribution < 1.29 is 18.7 Å². The van der Waals surface area contributed by atoms with Crippen LogP contribution in [-0.4, -0.2) is 18.5 Å². The van der Waals surface area contributed by atoms with Gasteiger partial charge in [-0.3, -0.25) is 0 Å². The van der Waals surface area contributed by atoms with E-state index >= 15 is 0 Å². The van der Waals surface area contributed by atoms with E-state index in [1.165, 1.54) is 18.2 Å². The van der Waals surface area contributed by atoms with Gasteiger partial charge in [-0.2, -0.15) is 0 Å². The number of cyclic esters (lactones) is 1. The summed E-state index contributed by atoms with van der Waals surface area (Å²) < 4.78 is 24.0. The number of hydrogen-bond acceptors (Lipinski definition) is 4. The van der Waals surface area contributed by atoms with E-state index in [-0.39, 0.29) is 17.4 Å². The Kier molecular flexibility index (Phi) is 4.19. The van der Waals surface area contributed by atoms with E-state index in [1.54, 1.807) is 24.3 Å². The summed E-state index contributed by atoms with van der Waals surface area (Å²) in [5.74, 6) is -0.178. The van der Waals surface area contributed by atoms with Gasteiger partial charge in [-0.05, 0) is 42.8 Å². The summed E-state index contributed by atoms with van der Waals surface area (Å²) in [7, 11) is 0. The SMILES string of the molecule is CCOc1ccccc1C1=NC(=Cc2cccc(F)c2)C(=O)O1. The van der Waals surface area contributed by atoms with Gasteiger partial charge in [0.05, 0.1) is 12.2 Å². The maximum Gasteiger partial charge on any atom is 0.363 e. The van der Waals surface area contributed by atoms with Crippen molar-refractivity contribution in [2.45, 2.75) is 6.92 Å². The number of esters is 1. The van der Waals surface area contributed by atoms with Crippen LogP contribution in [0.2, 0.25) is 0 Å². The summed E-state index contributed by atoms with van der Waals surface area (Å²) in [4.78, 5) is 16.2. The molecule has 0 N–H and O–H groups in total. The predicted octanol–water partition coefficient (Wildman–Crippen LogP) is 3.57.